The van der Waals surface area contributed by atoms with Gasteiger partial charge in [-0.15, -0.1) is 11.8 Å². The van der Waals surface area contributed by atoms with E-state index >= 15 is 0 Å². The van der Waals surface area contributed by atoms with Crippen LogP contribution in [-0.4, -0.2) is 16.2 Å². The molecule has 0 radical (unpaired) electrons. The summed E-state index contributed by atoms with van der Waals surface area (Å²) in [6.07, 6.45) is 0.975. The Morgan fingerprint density at radius 3 is 2.75 bits per heavy atom. The van der Waals surface area contributed by atoms with Crippen LogP contribution >= 0.6 is 23.4 Å². The summed E-state index contributed by atoms with van der Waals surface area (Å²) >= 11 is 7.06. The molecule has 1 aromatic carbocycles. The first-order chi connectivity index (χ1) is 9.47. The van der Waals surface area contributed by atoms with Crippen LogP contribution < -0.4 is 5.43 Å². The van der Waals surface area contributed by atoms with Crippen LogP contribution in [0.5, 0.6) is 5.75 Å². The summed E-state index contributed by atoms with van der Waals surface area (Å²) in [6.45, 7) is 0. The highest BCUT2D eigenvalue weighted by molar-refractivity contribution is 7.98. The van der Waals surface area contributed by atoms with Crippen molar-refractivity contribution < 1.29 is 19.4 Å². The average Bonchev–Trinajstić information content (AvgIpc) is 2.41. The molecule has 2 aromatic rings. The van der Waals surface area contributed by atoms with Crippen LogP contribution in [0.15, 0.2) is 44.6 Å². The molecule has 0 aliphatic rings. The maximum Gasteiger partial charge on any atom is 0.337 e. The number of halogens is 1. The van der Waals surface area contributed by atoms with Gasteiger partial charge in [0.25, 0.3) is 0 Å². The molecule has 0 fully saturated rings. The highest BCUT2D eigenvalue weighted by Crippen LogP contribution is 2.27. The number of benzene rings is 1. The predicted octanol–water partition coefficient (Wildman–Crippen LogP) is 2.99. The zero-order valence-corrected chi connectivity index (χ0v) is 11.6. The number of hydrogen-bond donors (Lipinski definition) is 2. The van der Waals surface area contributed by atoms with Gasteiger partial charge in [0, 0.05) is 11.0 Å². The number of carboxylic acids is 1. The minimum atomic E-state index is -1.10. The van der Waals surface area contributed by atoms with Gasteiger partial charge in [0.15, 0.2) is 5.75 Å². The quantitative estimate of drug-likeness (QED) is 0.844. The number of carboxylic acid groups (broad SMARTS) is 1. The first-order valence-corrected chi connectivity index (χ1v) is 6.80. The molecule has 2 rings (SSSR count). The molecule has 1 aromatic heterocycles. The molecule has 0 amide bonds. The van der Waals surface area contributed by atoms with Crippen LogP contribution in [0, 0.1) is 0 Å². The molecule has 1 heterocycles. The molecule has 0 atom stereocenters. The standard InChI is InChI=1S/C13H9ClO5S/c14-10-2-1-8(4-9(10)13(17)18)20-6-7-3-11(15)12(16)5-19-7/h1-5,16H,6H2,(H,17,18). The third-order valence-electron chi connectivity index (χ3n) is 2.42. The SMILES string of the molecule is O=C(O)c1cc(SCc2cc(=O)c(O)co2)ccc1Cl. The van der Waals surface area contributed by atoms with Crippen LogP contribution in [0.1, 0.15) is 16.1 Å². The Labute approximate surface area is 122 Å². The lowest BCUT2D eigenvalue weighted by atomic mass is 10.2. The average molecular weight is 313 g/mol. The maximum atomic E-state index is 11.2. The Morgan fingerprint density at radius 1 is 1.35 bits per heavy atom. The van der Waals surface area contributed by atoms with Crippen molar-refractivity contribution in [3.05, 3.63) is 57.1 Å². The highest BCUT2D eigenvalue weighted by atomic mass is 35.5. The molecular weight excluding hydrogens is 304 g/mol. The van der Waals surface area contributed by atoms with Gasteiger partial charge >= 0.3 is 5.97 Å². The molecule has 2 N–H and O–H groups in total. The van der Waals surface area contributed by atoms with Crippen LogP contribution in [0.3, 0.4) is 0 Å². The molecule has 104 valence electrons. The maximum absolute atomic E-state index is 11.2. The first kappa shape index (κ1) is 14.5. The summed E-state index contributed by atoms with van der Waals surface area (Å²) in [4.78, 5) is 22.9. The van der Waals surface area contributed by atoms with E-state index in [1.165, 1.54) is 30.0 Å². The van der Waals surface area contributed by atoms with Crippen molar-refractivity contribution in [2.45, 2.75) is 10.6 Å². The van der Waals surface area contributed by atoms with Crippen molar-refractivity contribution >= 4 is 29.3 Å². The molecule has 20 heavy (non-hydrogen) atoms. The van der Waals surface area contributed by atoms with E-state index in [0.29, 0.717) is 16.4 Å². The fraction of sp³-hybridized carbons (Fsp3) is 0.0769. The zero-order chi connectivity index (χ0) is 14.7. The number of rotatable bonds is 4. The second-order valence-corrected chi connectivity index (χ2v) is 5.29. The Kier molecular flexibility index (Phi) is 4.36. The Morgan fingerprint density at radius 2 is 2.10 bits per heavy atom. The van der Waals surface area contributed by atoms with Crippen molar-refractivity contribution in [3.63, 3.8) is 0 Å². The summed E-state index contributed by atoms with van der Waals surface area (Å²) in [5.41, 5.74) is -0.502. The molecule has 0 aliphatic carbocycles. The van der Waals surface area contributed by atoms with Gasteiger partial charge in [0.05, 0.1) is 16.3 Å². The molecule has 0 spiro atoms. The first-order valence-electron chi connectivity index (χ1n) is 5.43. The molecule has 0 bridgehead atoms. The molecule has 0 unspecified atom stereocenters. The zero-order valence-electron chi connectivity index (χ0n) is 10.00. The van der Waals surface area contributed by atoms with Crippen molar-refractivity contribution in [3.8, 4) is 5.75 Å². The van der Waals surface area contributed by atoms with E-state index in [1.54, 1.807) is 6.07 Å². The fourth-order valence-electron chi connectivity index (χ4n) is 1.43. The second kappa shape index (κ2) is 6.02. The van der Waals surface area contributed by atoms with Crippen molar-refractivity contribution in [1.82, 2.24) is 0 Å². The second-order valence-electron chi connectivity index (χ2n) is 3.83. The molecular formula is C13H9ClO5S. The van der Waals surface area contributed by atoms with Gasteiger partial charge in [0.1, 0.15) is 12.0 Å². The van der Waals surface area contributed by atoms with Gasteiger partial charge in [0.2, 0.25) is 5.43 Å². The van der Waals surface area contributed by atoms with Gasteiger partial charge in [-0.3, -0.25) is 4.79 Å². The molecule has 0 saturated carbocycles. The minimum Gasteiger partial charge on any atom is -0.502 e. The number of aromatic hydroxyl groups is 1. The van der Waals surface area contributed by atoms with Crippen LogP contribution in [0.25, 0.3) is 0 Å². The Balaban J connectivity index is 2.14. The largest absolute Gasteiger partial charge is 0.502 e. The van der Waals surface area contributed by atoms with Crippen LogP contribution in [0.2, 0.25) is 5.02 Å². The smallest absolute Gasteiger partial charge is 0.337 e. The number of thioether (sulfide) groups is 1. The summed E-state index contributed by atoms with van der Waals surface area (Å²) in [6, 6.07) is 5.82. The van der Waals surface area contributed by atoms with E-state index in [2.05, 4.69) is 0 Å². The lowest BCUT2D eigenvalue weighted by Gasteiger charge is -2.04. The number of hydrogen-bond acceptors (Lipinski definition) is 5. The van der Waals surface area contributed by atoms with Gasteiger partial charge < -0.3 is 14.6 Å². The van der Waals surface area contributed by atoms with E-state index in [9.17, 15) is 9.59 Å². The minimum absolute atomic E-state index is 0.0174. The molecule has 0 saturated heterocycles. The summed E-state index contributed by atoms with van der Waals surface area (Å²) in [5, 5.41) is 18.2. The lowest BCUT2D eigenvalue weighted by molar-refractivity contribution is 0.0697. The summed E-state index contributed by atoms with van der Waals surface area (Å²) in [5.74, 6) is -0.840. The lowest BCUT2D eigenvalue weighted by Crippen LogP contribution is -1.99. The van der Waals surface area contributed by atoms with Crippen molar-refractivity contribution in [2.75, 3.05) is 0 Å². The van der Waals surface area contributed by atoms with E-state index in [-0.39, 0.29) is 10.6 Å². The third-order valence-corrected chi connectivity index (χ3v) is 3.76. The molecule has 5 nitrogen and oxygen atoms in total. The normalized spacial score (nSPS) is 10.4. The topological polar surface area (TPSA) is 87.7 Å². The van der Waals surface area contributed by atoms with E-state index in [1.807, 2.05) is 0 Å². The van der Waals surface area contributed by atoms with Gasteiger partial charge in [-0.05, 0) is 18.2 Å². The van der Waals surface area contributed by atoms with Crippen LogP contribution in [-0.2, 0) is 5.75 Å². The van der Waals surface area contributed by atoms with Gasteiger partial charge in [-0.2, -0.15) is 0 Å². The highest BCUT2D eigenvalue weighted by Gasteiger charge is 2.10. The predicted molar refractivity (Wildman–Crippen MR) is 74.6 cm³/mol. The molecule has 7 heteroatoms. The Hall–Kier alpha value is -1.92. The van der Waals surface area contributed by atoms with E-state index < -0.39 is 17.1 Å². The Bertz CT molecular complexity index is 710. The number of aromatic carboxylic acids is 1. The summed E-state index contributed by atoms with van der Waals surface area (Å²) < 4.78 is 5.05. The van der Waals surface area contributed by atoms with E-state index in [4.69, 9.17) is 26.2 Å². The number of carbonyl (C=O) groups is 1. The summed E-state index contributed by atoms with van der Waals surface area (Å²) in [7, 11) is 0. The van der Waals surface area contributed by atoms with Crippen LogP contribution in [0.4, 0.5) is 0 Å². The van der Waals surface area contributed by atoms with Gasteiger partial charge in [-0.25, -0.2) is 4.79 Å². The van der Waals surface area contributed by atoms with Crippen molar-refractivity contribution in [2.24, 2.45) is 0 Å². The van der Waals surface area contributed by atoms with Crippen molar-refractivity contribution in [1.29, 1.82) is 0 Å². The van der Waals surface area contributed by atoms with Gasteiger partial charge in [-0.1, -0.05) is 11.6 Å². The third kappa shape index (κ3) is 3.34. The van der Waals surface area contributed by atoms with E-state index in [0.717, 1.165) is 6.26 Å². The fourth-order valence-corrected chi connectivity index (χ4v) is 2.46. The molecule has 0 aliphatic heterocycles. The monoisotopic (exact) mass is 312 g/mol.